The van der Waals surface area contributed by atoms with Gasteiger partial charge in [0, 0.05) is 16.8 Å². The number of aryl methyl sites for hydroxylation is 2. The Kier molecular flexibility index (Phi) is 5.19. The van der Waals surface area contributed by atoms with Gasteiger partial charge < -0.3 is 9.73 Å². The van der Waals surface area contributed by atoms with Crippen molar-refractivity contribution in [1.82, 2.24) is 4.98 Å². The first-order valence-corrected chi connectivity index (χ1v) is 11.8. The van der Waals surface area contributed by atoms with E-state index >= 15 is 0 Å². The van der Waals surface area contributed by atoms with Crippen molar-refractivity contribution >= 4 is 40.2 Å². The molecule has 0 unspecified atom stereocenters. The van der Waals surface area contributed by atoms with E-state index in [0.717, 1.165) is 27.1 Å². The third-order valence-corrected chi connectivity index (χ3v) is 6.58. The van der Waals surface area contributed by atoms with Crippen molar-refractivity contribution in [3.63, 3.8) is 0 Å². The molecule has 6 rings (SSSR count). The summed E-state index contributed by atoms with van der Waals surface area (Å²) in [5.74, 6) is -0.734. The predicted molar refractivity (Wildman–Crippen MR) is 141 cm³/mol. The van der Waals surface area contributed by atoms with E-state index < -0.39 is 11.8 Å². The number of para-hydroxylation sites is 2. The summed E-state index contributed by atoms with van der Waals surface area (Å²) < 4.78 is 5.80. The fourth-order valence-corrected chi connectivity index (χ4v) is 4.38. The number of benzene rings is 4. The number of amides is 3. The van der Waals surface area contributed by atoms with Gasteiger partial charge in [0.05, 0.1) is 16.8 Å². The number of carbonyl (C=O) groups is 3. The summed E-state index contributed by atoms with van der Waals surface area (Å²) in [5.41, 5.74) is 6.17. The van der Waals surface area contributed by atoms with Gasteiger partial charge in [-0.2, -0.15) is 0 Å². The van der Waals surface area contributed by atoms with Crippen LogP contribution in [0.1, 0.15) is 42.2 Å². The van der Waals surface area contributed by atoms with E-state index in [1.54, 1.807) is 24.3 Å². The van der Waals surface area contributed by atoms with E-state index in [1.165, 1.54) is 12.1 Å². The average Bonchev–Trinajstić information content (AvgIpc) is 3.45. The Hall–Kier alpha value is -5.04. The Morgan fingerprint density at radius 3 is 2.32 bits per heavy atom. The highest BCUT2D eigenvalue weighted by molar-refractivity contribution is 6.34. The minimum Gasteiger partial charge on any atom is -0.436 e. The van der Waals surface area contributed by atoms with Gasteiger partial charge in [-0.05, 0) is 91.7 Å². The van der Waals surface area contributed by atoms with Gasteiger partial charge in [-0.25, -0.2) is 9.88 Å². The van der Waals surface area contributed by atoms with Gasteiger partial charge in [0.15, 0.2) is 5.58 Å². The van der Waals surface area contributed by atoms with Crippen LogP contribution in [0.3, 0.4) is 0 Å². The molecule has 3 amide bonds. The summed E-state index contributed by atoms with van der Waals surface area (Å²) in [7, 11) is 0. The highest BCUT2D eigenvalue weighted by atomic mass is 16.3. The molecular weight excluding hydrogens is 466 g/mol. The molecule has 0 bridgehead atoms. The molecule has 1 aromatic heterocycles. The SMILES string of the molecule is Cc1ccc(N2C(=O)c3ccc(C(=O)Nc4ccc(-c5nc6ccccc6o5)cc4)cc3C2=O)cc1C. The molecule has 1 aliphatic heterocycles. The molecule has 0 radical (unpaired) electrons. The van der Waals surface area contributed by atoms with Gasteiger partial charge in [-0.1, -0.05) is 18.2 Å². The number of imide groups is 1. The molecule has 0 atom stereocenters. The molecule has 0 spiro atoms. The van der Waals surface area contributed by atoms with E-state index in [9.17, 15) is 14.4 Å². The average molecular weight is 488 g/mol. The Morgan fingerprint density at radius 2 is 1.57 bits per heavy atom. The van der Waals surface area contributed by atoms with Crippen molar-refractivity contribution < 1.29 is 18.8 Å². The van der Waals surface area contributed by atoms with E-state index in [4.69, 9.17) is 4.42 Å². The predicted octanol–water partition coefficient (Wildman–Crippen LogP) is 6.16. The number of anilines is 2. The first kappa shape index (κ1) is 22.4. The van der Waals surface area contributed by atoms with E-state index in [1.807, 2.05) is 62.4 Å². The normalized spacial score (nSPS) is 12.8. The monoisotopic (exact) mass is 487 g/mol. The van der Waals surface area contributed by atoms with Gasteiger partial charge in [0.1, 0.15) is 5.52 Å². The van der Waals surface area contributed by atoms with Crippen LogP contribution in [0.15, 0.2) is 89.3 Å². The minimum absolute atomic E-state index is 0.210. The molecule has 2 heterocycles. The molecule has 180 valence electrons. The van der Waals surface area contributed by atoms with E-state index in [2.05, 4.69) is 10.3 Å². The highest BCUT2D eigenvalue weighted by Gasteiger charge is 2.37. The molecular formula is C30H21N3O4. The standard InChI is InChI=1S/C30H21N3O4/c1-17-7-13-22(15-18(17)2)33-29(35)23-14-10-20(16-24(23)30(33)36)27(34)31-21-11-8-19(9-12-21)28-32-25-5-3-4-6-26(25)37-28/h3-16H,1-2H3,(H,31,34). The number of fused-ring (bicyclic) bond motifs is 2. The van der Waals surface area contributed by atoms with Crippen LogP contribution in [0, 0.1) is 13.8 Å². The third-order valence-electron chi connectivity index (χ3n) is 6.58. The maximum atomic E-state index is 13.1. The molecule has 0 saturated heterocycles. The molecule has 1 N–H and O–H groups in total. The van der Waals surface area contributed by atoms with Crippen LogP contribution in [0.5, 0.6) is 0 Å². The summed E-state index contributed by atoms with van der Waals surface area (Å²) in [6.45, 7) is 3.90. The Balaban J connectivity index is 1.21. The van der Waals surface area contributed by atoms with Crippen LogP contribution in [0.2, 0.25) is 0 Å². The second kappa shape index (κ2) is 8.57. The summed E-state index contributed by atoms with van der Waals surface area (Å²) in [4.78, 5) is 44.7. The van der Waals surface area contributed by atoms with Crippen LogP contribution >= 0.6 is 0 Å². The van der Waals surface area contributed by atoms with Crippen LogP contribution in [-0.4, -0.2) is 22.7 Å². The molecule has 0 saturated carbocycles. The van der Waals surface area contributed by atoms with Gasteiger partial charge in [0.25, 0.3) is 17.7 Å². The van der Waals surface area contributed by atoms with Crippen molar-refractivity contribution in [2.24, 2.45) is 0 Å². The zero-order chi connectivity index (χ0) is 25.7. The van der Waals surface area contributed by atoms with Crippen molar-refractivity contribution in [3.05, 3.63) is 113 Å². The maximum absolute atomic E-state index is 13.1. The molecule has 4 aromatic carbocycles. The maximum Gasteiger partial charge on any atom is 0.266 e. The Morgan fingerprint density at radius 1 is 0.811 bits per heavy atom. The minimum atomic E-state index is -0.444. The lowest BCUT2D eigenvalue weighted by molar-refractivity contribution is 0.0925. The molecule has 7 nitrogen and oxygen atoms in total. The van der Waals surface area contributed by atoms with Crippen molar-refractivity contribution in [2.45, 2.75) is 13.8 Å². The summed E-state index contributed by atoms with van der Waals surface area (Å²) in [6.07, 6.45) is 0. The lowest BCUT2D eigenvalue weighted by Crippen LogP contribution is -2.29. The van der Waals surface area contributed by atoms with Crippen molar-refractivity contribution in [2.75, 3.05) is 10.2 Å². The van der Waals surface area contributed by atoms with Crippen LogP contribution < -0.4 is 10.2 Å². The molecule has 5 aromatic rings. The fourth-order valence-electron chi connectivity index (χ4n) is 4.38. The topological polar surface area (TPSA) is 92.5 Å². The molecule has 7 heteroatoms. The fraction of sp³-hybridized carbons (Fsp3) is 0.0667. The van der Waals surface area contributed by atoms with Crippen molar-refractivity contribution in [1.29, 1.82) is 0 Å². The Bertz CT molecular complexity index is 1700. The lowest BCUT2D eigenvalue weighted by atomic mass is 10.1. The number of carbonyl (C=O) groups excluding carboxylic acids is 3. The lowest BCUT2D eigenvalue weighted by Gasteiger charge is -2.15. The van der Waals surface area contributed by atoms with Gasteiger partial charge in [-0.3, -0.25) is 14.4 Å². The number of hydrogen-bond donors (Lipinski definition) is 1. The van der Waals surface area contributed by atoms with Crippen molar-refractivity contribution in [3.8, 4) is 11.5 Å². The largest absolute Gasteiger partial charge is 0.436 e. The van der Waals surface area contributed by atoms with Crippen LogP contribution in [0.25, 0.3) is 22.6 Å². The number of rotatable bonds is 4. The first-order valence-electron chi connectivity index (χ1n) is 11.8. The molecule has 0 fully saturated rings. The summed E-state index contributed by atoms with van der Waals surface area (Å²) in [5, 5.41) is 2.84. The third kappa shape index (κ3) is 3.87. The molecule has 37 heavy (non-hydrogen) atoms. The smallest absolute Gasteiger partial charge is 0.266 e. The summed E-state index contributed by atoms with van der Waals surface area (Å²) >= 11 is 0. The van der Waals surface area contributed by atoms with E-state index in [-0.39, 0.29) is 22.6 Å². The van der Waals surface area contributed by atoms with Gasteiger partial charge >= 0.3 is 0 Å². The quantitative estimate of drug-likeness (QED) is 0.306. The van der Waals surface area contributed by atoms with Gasteiger partial charge in [-0.15, -0.1) is 0 Å². The van der Waals surface area contributed by atoms with Crippen LogP contribution in [-0.2, 0) is 0 Å². The number of nitrogens with zero attached hydrogens (tertiary/aromatic N) is 2. The van der Waals surface area contributed by atoms with E-state index in [0.29, 0.717) is 22.8 Å². The van der Waals surface area contributed by atoms with Gasteiger partial charge in [0.2, 0.25) is 5.89 Å². The number of hydrogen-bond acceptors (Lipinski definition) is 5. The second-order valence-electron chi connectivity index (χ2n) is 8.99. The Labute approximate surface area is 212 Å². The number of aromatic nitrogens is 1. The zero-order valence-electron chi connectivity index (χ0n) is 20.1. The molecule has 0 aliphatic carbocycles. The highest BCUT2D eigenvalue weighted by Crippen LogP contribution is 2.31. The summed E-state index contributed by atoms with van der Waals surface area (Å²) in [6, 6.07) is 24.7. The second-order valence-corrected chi connectivity index (χ2v) is 8.99. The number of oxazole rings is 1. The molecule has 1 aliphatic rings. The van der Waals surface area contributed by atoms with Crippen LogP contribution in [0.4, 0.5) is 11.4 Å². The first-order chi connectivity index (χ1) is 17.9. The zero-order valence-corrected chi connectivity index (χ0v) is 20.1. The number of nitrogens with one attached hydrogen (secondary N) is 1.